The predicted octanol–water partition coefficient (Wildman–Crippen LogP) is 3.50. The fourth-order valence-corrected chi connectivity index (χ4v) is 2.49. The lowest BCUT2D eigenvalue weighted by Crippen LogP contribution is -2.12. The number of rotatable bonds is 6. The van der Waals surface area contributed by atoms with E-state index in [0.717, 1.165) is 4.88 Å². The molecule has 0 atom stereocenters. The van der Waals surface area contributed by atoms with Crippen molar-refractivity contribution < 1.29 is 19.1 Å². The van der Waals surface area contributed by atoms with Gasteiger partial charge in [0.05, 0.1) is 7.11 Å². The third kappa shape index (κ3) is 4.56. The molecule has 1 heterocycles. The number of carbonyl (C=O) groups excluding carboxylic acids is 2. The van der Waals surface area contributed by atoms with Crippen molar-refractivity contribution >= 4 is 29.2 Å². The number of allylic oxidation sites excluding steroid dienone is 1. The molecule has 0 amide bonds. The van der Waals surface area contributed by atoms with Gasteiger partial charge in [0.2, 0.25) is 0 Å². The molecule has 1 aromatic heterocycles. The maximum atomic E-state index is 12.1. The minimum absolute atomic E-state index is 0.0782. The lowest BCUT2D eigenvalue weighted by molar-refractivity contribution is -0.142. The first-order valence-corrected chi connectivity index (χ1v) is 7.48. The van der Waals surface area contributed by atoms with Gasteiger partial charge in [0.1, 0.15) is 5.75 Å². The number of methoxy groups -OCH3 is 1. The third-order valence-corrected chi connectivity index (χ3v) is 3.85. The monoisotopic (exact) mass is 316 g/mol. The fourth-order valence-electron chi connectivity index (χ4n) is 1.71. The van der Waals surface area contributed by atoms with Crippen molar-refractivity contribution in [3.63, 3.8) is 0 Å². The maximum Gasteiger partial charge on any atom is 0.343 e. The van der Waals surface area contributed by atoms with E-state index >= 15 is 0 Å². The summed E-state index contributed by atoms with van der Waals surface area (Å²) >= 11 is 1.64. The Morgan fingerprint density at radius 1 is 1.14 bits per heavy atom. The van der Waals surface area contributed by atoms with Crippen molar-refractivity contribution in [3.8, 4) is 5.75 Å². The van der Waals surface area contributed by atoms with E-state index in [1.165, 1.54) is 12.0 Å². The summed E-state index contributed by atoms with van der Waals surface area (Å²) in [5.74, 6) is -0.0142. The summed E-state index contributed by atoms with van der Waals surface area (Å²) in [6, 6.07) is 10.6. The SMILES string of the molecule is COC(=O)COc1ccc(C(=O)C=Cc2ccc(C)s2)cc1. The topological polar surface area (TPSA) is 52.6 Å². The van der Waals surface area contributed by atoms with Crippen LogP contribution in [0.4, 0.5) is 0 Å². The van der Waals surface area contributed by atoms with Crippen LogP contribution in [0.2, 0.25) is 0 Å². The van der Waals surface area contributed by atoms with Crippen molar-refractivity contribution in [2.24, 2.45) is 0 Å². The molecule has 2 aromatic rings. The largest absolute Gasteiger partial charge is 0.482 e. The van der Waals surface area contributed by atoms with E-state index in [2.05, 4.69) is 4.74 Å². The van der Waals surface area contributed by atoms with Gasteiger partial charge in [0, 0.05) is 15.3 Å². The van der Waals surface area contributed by atoms with Crippen molar-refractivity contribution in [2.75, 3.05) is 13.7 Å². The Morgan fingerprint density at radius 2 is 1.86 bits per heavy atom. The number of hydrogen-bond acceptors (Lipinski definition) is 5. The molecular formula is C17H16O4S. The normalized spacial score (nSPS) is 10.6. The number of ketones is 1. The lowest BCUT2D eigenvalue weighted by Gasteiger charge is -2.04. The van der Waals surface area contributed by atoms with Gasteiger partial charge in [-0.15, -0.1) is 11.3 Å². The highest BCUT2D eigenvalue weighted by Gasteiger charge is 2.05. The van der Waals surface area contributed by atoms with Gasteiger partial charge >= 0.3 is 5.97 Å². The van der Waals surface area contributed by atoms with Crippen LogP contribution in [0.15, 0.2) is 42.5 Å². The van der Waals surface area contributed by atoms with E-state index in [1.54, 1.807) is 41.7 Å². The first kappa shape index (κ1) is 16.0. The molecule has 0 saturated heterocycles. The Bertz CT molecular complexity index is 683. The fraction of sp³-hybridized carbons (Fsp3) is 0.176. The Kier molecular flexibility index (Phi) is 5.49. The van der Waals surface area contributed by atoms with Gasteiger partial charge in [-0.2, -0.15) is 0 Å². The average Bonchev–Trinajstić information content (AvgIpc) is 2.96. The van der Waals surface area contributed by atoms with Crippen molar-refractivity contribution in [1.82, 2.24) is 0 Å². The molecule has 1 aromatic carbocycles. The number of thiophene rings is 1. The first-order valence-electron chi connectivity index (χ1n) is 6.67. The molecule has 0 N–H and O–H groups in total. The summed E-state index contributed by atoms with van der Waals surface area (Å²) < 4.78 is 9.71. The lowest BCUT2D eigenvalue weighted by atomic mass is 10.1. The summed E-state index contributed by atoms with van der Waals surface area (Å²) in [7, 11) is 1.30. The van der Waals surface area contributed by atoms with Crippen LogP contribution in [0.1, 0.15) is 20.1 Å². The third-order valence-electron chi connectivity index (χ3n) is 2.88. The second-order valence-corrected chi connectivity index (χ2v) is 5.85. The summed E-state index contributed by atoms with van der Waals surface area (Å²) in [4.78, 5) is 25.3. The zero-order valence-corrected chi connectivity index (χ0v) is 13.2. The highest BCUT2D eigenvalue weighted by Crippen LogP contribution is 2.17. The van der Waals surface area contributed by atoms with Crippen molar-refractivity contribution in [3.05, 3.63) is 57.8 Å². The number of benzene rings is 1. The van der Waals surface area contributed by atoms with E-state index < -0.39 is 5.97 Å². The van der Waals surface area contributed by atoms with Crippen molar-refractivity contribution in [1.29, 1.82) is 0 Å². The summed E-state index contributed by atoms with van der Waals surface area (Å²) in [6.07, 6.45) is 3.36. The number of hydrogen-bond donors (Lipinski definition) is 0. The minimum atomic E-state index is -0.450. The summed E-state index contributed by atoms with van der Waals surface area (Å²) in [5.41, 5.74) is 0.565. The number of esters is 1. The molecule has 5 heteroatoms. The molecule has 0 aliphatic carbocycles. The maximum absolute atomic E-state index is 12.1. The molecule has 114 valence electrons. The molecule has 0 unspecified atom stereocenters. The molecule has 0 aliphatic rings. The van der Waals surface area contributed by atoms with Crippen LogP contribution in [-0.4, -0.2) is 25.5 Å². The van der Waals surface area contributed by atoms with E-state index in [0.29, 0.717) is 11.3 Å². The van der Waals surface area contributed by atoms with Crippen LogP contribution in [0.25, 0.3) is 6.08 Å². The van der Waals surface area contributed by atoms with E-state index in [-0.39, 0.29) is 12.4 Å². The standard InChI is InChI=1S/C17H16O4S/c1-12-3-8-15(22-12)9-10-16(18)13-4-6-14(7-5-13)21-11-17(19)20-2/h3-10H,11H2,1-2H3. The number of ether oxygens (including phenoxy) is 2. The number of carbonyl (C=O) groups is 2. The Labute approximate surface area is 133 Å². The number of aryl methyl sites for hydroxylation is 1. The second-order valence-electron chi connectivity index (χ2n) is 4.54. The van der Waals surface area contributed by atoms with Gasteiger partial charge in [-0.25, -0.2) is 4.79 Å². The van der Waals surface area contributed by atoms with Crippen molar-refractivity contribution in [2.45, 2.75) is 6.92 Å². The van der Waals surface area contributed by atoms with Gasteiger partial charge in [-0.05, 0) is 55.5 Å². The van der Waals surface area contributed by atoms with Crippen LogP contribution >= 0.6 is 11.3 Å². The molecule has 0 bridgehead atoms. The predicted molar refractivity (Wildman–Crippen MR) is 86.4 cm³/mol. The second kappa shape index (κ2) is 7.56. The van der Waals surface area contributed by atoms with Crippen LogP contribution in [0.3, 0.4) is 0 Å². The van der Waals surface area contributed by atoms with E-state index in [1.807, 2.05) is 25.1 Å². The van der Waals surface area contributed by atoms with Gasteiger partial charge < -0.3 is 9.47 Å². The molecule has 4 nitrogen and oxygen atoms in total. The quantitative estimate of drug-likeness (QED) is 0.465. The first-order chi connectivity index (χ1) is 10.6. The van der Waals surface area contributed by atoms with E-state index in [9.17, 15) is 9.59 Å². The molecule has 0 aliphatic heterocycles. The van der Waals surface area contributed by atoms with Gasteiger partial charge in [0.25, 0.3) is 0 Å². The zero-order valence-electron chi connectivity index (χ0n) is 12.4. The summed E-state index contributed by atoms with van der Waals surface area (Å²) in [6.45, 7) is 1.87. The Hall–Kier alpha value is -2.40. The Morgan fingerprint density at radius 3 is 2.45 bits per heavy atom. The van der Waals surface area contributed by atoms with Crippen LogP contribution in [0, 0.1) is 6.92 Å². The zero-order chi connectivity index (χ0) is 15.9. The smallest absolute Gasteiger partial charge is 0.343 e. The molecule has 0 spiro atoms. The van der Waals surface area contributed by atoms with Crippen LogP contribution < -0.4 is 4.74 Å². The van der Waals surface area contributed by atoms with E-state index in [4.69, 9.17) is 4.74 Å². The molecule has 0 saturated carbocycles. The van der Waals surface area contributed by atoms with Crippen LogP contribution in [-0.2, 0) is 9.53 Å². The van der Waals surface area contributed by atoms with Gasteiger partial charge in [-0.3, -0.25) is 4.79 Å². The highest BCUT2D eigenvalue weighted by atomic mass is 32.1. The molecule has 0 radical (unpaired) electrons. The molecule has 2 rings (SSSR count). The summed E-state index contributed by atoms with van der Waals surface area (Å²) in [5, 5.41) is 0. The van der Waals surface area contributed by atoms with Gasteiger partial charge in [-0.1, -0.05) is 0 Å². The highest BCUT2D eigenvalue weighted by molar-refractivity contribution is 7.12. The molecular weight excluding hydrogens is 300 g/mol. The Balaban J connectivity index is 1.96. The minimum Gasteiger partial charge on any atom is -0.482 e. The molecule has 0 fully saturated rings. The average molecular weight is 316 g/mol. The van der Waals surface area contributed by atoms with Gasteiger partial charge in [0.15, 0.2) is 12.4 Å². The van der Waals surface area contributed by atoms with Crippen LogP contribution in [0.5, 0.6) is 5.75 Å². The molecule has 22 heavy (non-hydrogen) atoms.